The van der Waals surface area contributed by atoms with Crippen LogP contribution in [0.25, 0.3) is 0 Å². The number of nitrogens with zero attached hydrogens (tertiary/aromatic N) is 1. The first kappa shape index (κ1) is 14.3. The summed E-state index contributed by atoms with van der Waals surface area (Å²) in [4.78, 5) is 4.52. The highest BCUT2D eigenvalue weighted by Gasteiger charge is 2.08. The third-order valence-electron chi connectivity index (χ3n) is 2.49. The summed E-state index contributed by atoms with van der Waals surface area (Å²) in [7, 11) is 0. The van der Waals surface area contributed by atoms with Gasteiger partial charge in [0.15, 0.2) is 5.96 Å². The topological polar surface area (TPSA) is 36.4 Å². The van der Waals surface area contributed by atoms with Crippen LogP contribution in [0.4, 0.5) is 0 Å². The zero-order valence-electron chi connectivity index (χ0n) is 10.9. The van der Waals surface area contributed by atoms with Crippen molar-refractivity contribution in [2.75, 3.05) is 13.1 Å². The first-order chi connectivity index (χ1) is 7.11. The van der Waals surface area contributed by atoms with Gasteiger partial charge in [0, 0.05) is 19.1 Å². The highest BCUT2D eigenvalue weighted by atomic mass is 15.2. The Morgan fingerprint density at radius 3 is 2.33 bits per heavy atom. The van der Waals surface area contributed by atoms with Gasteiger partial charge in [-0.2, -0.15) is 0 Å². The third-order valence-corrected chi connectivity index (χ3v) is 2.49. The maximum Gasteiger partial charge on any atom is 0.191 e. The summed E-state index contributed by atoms with van der Waals surface area (Å²) in [6.45, 7) is 12.7. The van der Waals surface area contributed by atoms with Crippen molar-refractivity contribution >= 4 is 5.96 Å². The van der Waals surface area contributed by atoms with Gasteiger partial charge in [-0.15, -0.1) is 0 Å². The van der Waals surface area contributed by atoms with Crippen LogP contribution in [0.15, 0.2) is 4.99 Å². The zero-order valence-corrected chi connectivity index (χ0v) is 10.9. The summed E-state index contributed by atoms with van der Waals surface area (Å²) in [5.41, 5.74) is 0. The second kappa shape index (κ2) is 8.57. The Kier molecular flexibility index (Phi) is 8.15. The van der Waals surface area contributed by atoms with Gasteiger partial charge in [0.2, 0.25) is 0 Å². The molecule has 0 aromatic heterocycles. The van der Waals surface area contributed by atoms with Gasteiger partial charge in [-0.05, 0) is 26.2 Å². The quantitative estimate of drug-likeness (QED) is 0.404. The van der Waals surface area contributed by atoms with E-state index in [0.717, 1.165) is 25.5 Å². The van der Waals surface area contributed by atoms with E-state index in [1.165, 1.54) is 6.42 Å². The highest BCUT2D eigenvalue weighted by molar-refractivity contribution is 5.80. The minimum atomic E-state index is 0.462. The Labute approximate surface area is 94.7 Å². The summed E-state index contributed by atoms with van der Waals surface area (Å²) in [5.74, 6) is 1.58. The van der Waals surface area contributed by atoms with E-state index in [1.807, 2.05) is 0 Å². The molecule has 0 saturated heterocycles. The lowest BCUT2D eigenvalue weighted by Gasteiger charge is -2.20. The van der Waals surface area contributed by atoms with Crippen molar-refractivity contribution in [3.05, 3.63) is 0 Å². The van der Waals surface area contributed by atoms with Crippen molar-refractivity contribution in [2.45, 2.75) is 53.5 Å². The van der Waals surface area contributed by atoms with E-state index >= 15 is 0 Å². The van der Waals surface area contributed by atoms with Gasteiger partial charge in [0.1, 0.15) is 0 Å². The van der Waals surface area contributed by atoms with Crippen molar-refractivity contribution in [1.29, 1.82) is 0 Å². The molecule has 0 amide bonds. The molecule has 0 saturated carbocycles. The monoisotopic (exact) mass is 213 g/mol. The predicted octanol–water partition coefficient (Wildman–Crippen LogP) is 2.39. The first-order valence-corrected chi connectivity index (χ1v) is 6.16. The highest BCUT2D eigenvalue weighted by Crippen LogP contribution is 1.99. The Bertz CT molecular complexity index is 176. The van der Waals surface area contributed by atoms with E-state index < -0.39 is 0 Å². The van der Waals surface area contributed by atoms with Crippen molar-refractivity contribution in [3.63, 3.8) is 0 Å². The van der Waals surface area contributed by atoms with Crippen LogP contribution in [-0.4, -0.2) is 25.1 Å². The van der Waals surface area contributed by atoms with Gasteiger partial charge >= 0.3 is 0 Å². The van der Waals surface area contributed by atoms with Gasteiger partial charge in [0.05, 0.1) is 0 Å². The second-order valence-corrected chi connectivity index (χ2v) is 4.29. The van der Waals surface area contributed by atoms with Crippen LogP contribution in [0, 0.1) is 5.92 Å². The van der Waals surface area contributed by atoms with E-state index in [4.69, 9.17) is 0 Å². The van der Waals surface area contributed by atoms with E-state index in [0.29, 0.717) is 12.0 Å². The second-order valence-electron chi connectivity index (χ2n) is 4.29. The molecule has 0 fully saturated rings. The van der Waals surface area contributed by atoms with E-state index in [-0.39, 0.29) is 0 Å². The molecule has 3 heteroatoms. The molecule has 90 valence electrons. The predicted molar refractivity (Wildman–Crippen MR) is 68.3 cm³/mol. The molecule has 0 rings (SSSR count). The standard InChI is InChI=1S/C12H27N3/c1-6-8-9-14-12(13-7-2)15-11(5)10(3)4/h10-11H,6-9H2,1-5H3,(H2,13,14,15). The normalized spacial score (nSPS) is 14.1. The van der Waals surface area contributed by atoms with Crippen LogP contribution < -0.4 is 10.6 Å². The van der Waals surface area contributed by atoms with E-state index in [9.17, 15) is 0 Å². The van der Waals surface area contributed by atoms with Crippen LogP contribution in [0.5, 0.6) is 0 Å². The number of hydrogen-bond acceptors (Lipinski definition) is 1. The minimum absolute atomic E-state index is 0.462. The zero-order chi connectivity index (χ0) is 11.7. The van der Waals surface area contributed by atoms with Crippen LogP contribution in [0.2, 0.25) is 0 Å². The summed E-state index contributed by atoms with van der Waals surface area (Å²) < 4.78 is 0. The molecule has 2 N–H and O–H groups in total. The number of nitrogens with one attached hydrogen (secondary N) is 2. The maximum absolute atomic E-state index is 4.52. The fourth-order valence-electron chi connectivity index (χ4n) is 1.05. The van der Waals surface area contributed by atoms with Crippen molar-refractivity contribution in [3.8, 4) is 0 Å². The van der Waals surface area contributed by atoms with Gasteiger partial charge in [-0.25, -0.2) is 0 Å². The Morgan fingerprint density at radius 2 is 1.87 bits per heavy atom. The fourth-order valence-corrected chi connectivity index (χ4v) is 1.05. The average molecular weight is 213 g/mol. The molecule has 0 spiro atoms. The summed E-state index contributed by atoms with van der Waals surface area (Å²) in [6.07, 6.45) is 2.36. The Morgan fingerprint density at radius 1 is 1.20 bits per heavy atom. The SMILES string of the molecule is CCCCN=C(NCC)NC(C)C(C)C. The lowest BCUT2D eigenvalue weighted by atomic mass is 10.1. The van der Waals surface area contributed by atoms with Crippen LogP contribution in [0.3, 0.4) is 0 Å². The molecule has 0 heterocycles. The van der Waals surface area contributed by atoms with E-state index in [2.05, 4.69) is 50.2 Å². The molecular weight excluding hydrogens is 186 g/mol. The average Bonchev–Trinajstić information content (AvgIpc) is 2.18. The number of hydrogen-bond donors (Lipinski definition) is 2. The van der Waals surface area contributed by atoms with Crippen molar-refractivity contribution < 1.29 is 0 Å². The lowest BCUT2D eigenvalue weighted by molar-refractivity contribution is 0.481. The summed E-state index contributed by atoms with van der Waals surface area (Å²) >= 11 is 0. The first-order valence-electron chi connectivity index (χ1n) is 6.16. The van der Waals surface area contributed by atoms with E-state index in [1.54, 1.807) is 0 Å². The molecule has 0 aromatic rings. The lowest BCUT2D eigenvalue weighted by Crippen LogP contribution is -2.44. The molecule has 0 aliphatic rings. The smallest absolute Gasteiger partial charge is 0.191 e. The van der Waals surface area contributed by atoms with Crippen LogP contribution in [0.1, 0.15) is 47.5 Å². The van der Waals surface area contributed by atoms with Crippen LogP contribution >= 0.6 is 0 Å². The molecule has 1 atom stereocenters. The Balaban J connectivity index is 4.07. The Hall–Kier alpha value is -0.730. The van der Waals surface area contributed by atoms with Crippen LogP contribution in [-0.2, 0) is 0 Å². The molecule has 0 aliphatic heterocycles. The minimum Gasteiger partial charge on any atom is -0.357 e. The third kappa shape index (κ3) is 7.23. The molecular formula is C12H27N3. The van der Waals surface area contributed by atoms with Crippen molar-refractivity contribution in [2.24, 2.45) is 10.9 Å². The number of rotatable bonds is 6. The van der Waals surface area contributed by atoms with Gasteiger partial charge in [0.25, 0.3) is 0 Å². The number of unbranched alkanes of at least 4 members (excludes halogenated alkanes) is 1. The van der Waals surface area contributed by atoms with Crippen molar-refractivity contribution in [1.82, 2.24) is 10.6 Å². The molecule has 0 bridgehead atoms. The number of aliphatic imine (C=N–C) groups is 1. The van der Waals surface area contributed by atoms with Gasteiger partial charge in [-0.3, -0.25) is 4.99 Å². The molecule has 1 unspecified atom stereocenters. The molecule has 3 nitrogen and oxygen atoms in total. The molecule has 0 aliphatic carbocycles. The van der Waals surface area contributed by atoms with Gasteiger partial charge in [-0.1, -0.05) is 27.2 Å². The maximum atomic E-state index is 4.52. The molecule has 0 radical (unpaired) electrons. The molecule has 0 aromatic carbocycles. The summed E-state index contributed by atoms with van der Waals surface area (Å²) in [5, 5.41) is 6.68. The molecule has 15 heavy (non-hydrogen) atoms. The number of guanidine groups is 1. The summed E-state index contributed by atoms with van der Waals surface area (Å²) in [6, 6.07) is 0.462. The van der Waals surface area contributed by atoms with Gasteiger partial charge < -0.3 is 10.6 Å². The fraction of sp³-hybridized carbons (Fsp3) is 0.917. The largest absolute Gasteiger partial charge is 0.357 e.